The molecular formula is C10H22O2. The van der Waals surface area contributed by atoms with E-state index in [1.165, 1.54) is 0 Å². The SMILES string of the molecule is CC(C(O)C(C)(C)C)C(C)(C)O. The molecule has 2 atom stereocenters. The molecule has 0 aliphatic heterocycles. The van der Waals surface area contributed by atoms with Gasteiger partial charge in [-0.1, -0.05) is 27.7 Å². The second-order valence-corrected chi connectivity index (χ2v) is 5.25. The monoisotopic (exact) mass is 174 g/mol. The average Bonchev–Trinajstić information content (AvgIpc) is 1.80. The van der Waals surface area contributed by atoms with Crippen LogP contribution in [0.3, 0.4) is 0 Å². The molecule has 0 saturated carbocycles. The van der Waals surface area contributed by atoms with Crippen LogP contribution in [-0.4, -0.2) is 21.9 Å². The Kier molecular flexibility index (Phi) is 3.32. The van der Waals surface area contributed by atoms with Gasteiger partial charge in [0.05, 0.1) is 11.7 Å². The van der Waals surface area contributed by atoms with Crippen LogP contribution in [0.2, 0.25) is 0 Å². The van der Waals surface area contributed by atoms with Crippen LogP contribution in [0.5, 0.6) is 0 Å². The molecule has 0 aromatic rings. The van der Waals surface area contributed by atoms with Crippen LogP contribution in [0.15, 0.2) is 0 Å². The highest BCUT2D eigenvalue weighted by atomic mass is 16.3. The van der Waals surface area contributed by atoms with Gasteiger partial charge < -0.3 is 10.2 Å². The summed E-state index contributed by atoms with van der Waals surface area (Å²) in [6.07, 6.45) is -0.475. The third-order valence-corrected chi connectivity index (χ3v) is 2.48. The lowest BCUT2D eigenvalue weighted by Gasteiger charge is -2.37. The maximum Gasteiger partial charge on any atom is 0.0641 e. The molecule has 0 amide bonds. The lowest BCUT2D eigenvalue weighted by molar-refractivity contribution is -0.0767. The molecule has 2 heteroatoms. The van der Waals surface area contributed by atoms with E-state index in [2.05, 4.69) is 0 Å². The molecule has 0 heterocycles. The minimum Gasteiger partial charge on any atom is -0.392 e. The quantitative estimate of drug-likeness (QED) is 0.670. The van der Waals surface area contributed by atoms with Crippen molar-refractivity contribution in [1.29, 1.82) is 0 Å². The molecule has 0 radical (unpaired) electrons. The summed E-state index contributed by atoms with van der Waals surface area (Å²) in [4.78, 5) is 0. The van der Waals surface area contributed by atoms with Crippen LogP contribution in [0.4, 0.5) is 0 Å². The Morgan fingerprint density at radius 1 is 1.00 bits per heavy atom. The Morgan fingerprint density at radius 2 is 1.33 bits per heavy atom. The van der Waals surface area contributed by atoms with Crippen molar-refractivity contribution in [2.24, 2.45) is 11.3 Å². The van der Waals surface area contributed by atoms with Gasteiger partial charge in [-0.3, -0.25) is 0 Å². The van der Waals surface area contributed by atoms with Crippen LogP contribution in [0.25, 0.3) is 0 Å². The molecule has 0 rings (SSSR count). The number of hydrogen-bond donors (Lipinski definition) is 2. The average molecular weight is 174 g/mol. The van der Waals surface area contributed by atoms with Crippen molar-refractivity contribution in [3.63, 3.8) is 0 Å². The van der Waals surface area contributed by atoms with E-state index >= 15 is 0 Å². The number of rotatable bonds is 2. The molecule has 74 valence electrons. The van der Waals surface area contributed by atoms with E-state index in [9.17, 15) is 10.2 Å². The maximum absolute atomic E-state index is 9.83. The van der Waals surface area contributed by atoms with Crippen LogP contribution in [0.1, 0.15) is 41.5 Å². The van der Waals surface area contributed by atoms with Crippen LogP contribution < -0.4 is 0 Å². The van der Waals surface area contributed by atoms with Crippen LogP contribution in [0, 0.1) is 11.3 Å². The second-order valence-electron chi connectivity index (χ2n) is 5.25. The van der Waals surface area contributed by atoms with E-state index in [1.807, 2.05) is 27.7 Å². The Morgan fingerprint density at radius 3 is 1.42 bits per heavy atom. The van der Waals surface area contributed by atoms with Gasteiger partial charge in [-0.15, -0.1) is 0 Å². The number of aliphatic hydroxyl groups excluding tert-OH is 1. The smallest absolute Gasteiger partial charge is 0.0641 e. The summed E-state index contributed by atoms with van der Waals surface area (Å²) in [5.74, 6) is -0.113. The van der Waals surface area contributed by atoms with Gasteiger partial charge in [0.25, 0.3) is 0 Å². The fraction of sp³-hybridized carbons (Fsp3) is 1.00. The van der Waals surface area contributed by atoms with Crippen molar-refractivity contribution >= 4 is 0 Å². The standard InChI is InChI=1S/C10H22O2/c1-7(10(5,6)12)8(11)9(2,3)4/h7-8,11-12H,1-6H3. The molecule has 12 heavy (non-hydrogen) atoms. The molecule has 0 aliphatic carbocycles. The molecule has 0 bridgehead atoms. The first-order chi connectivity index (χ1) is 5.07. The van der Waals surface area contributed by atoms with Gasteiger partial charge in [-0.05, 0) is 19.3 Å². The van der Waals surface area contributed by atoms with Gasteiger partial charge in [0.15, 0.2) is 0 Å². The van der Waals surface area contributed by atoms with E-state index in [0.717, 1.165) is 0 Å². The van der Waals surface area contributed by atoms with Gasteiger partial charge in [-0.25, -0.2) is 0 Å². The zero-order chi connectivity index (χ0) is 10.2. The van der Waals surface area contributed by atoms with E-state index in [4.69, 9.17) is 0 Å². The molecule has 0 aromatic heterocycles. The van der Waals surface area contributed by atoms with Crippen molar-refractivity contribution in [2.45, 2.75) is 53.2 Å². The van der Waals surface area contributed by atoms with Crippen LogP contribution >= 0.6 is 0 Å². The third kappa shape index (κ3) is 3.11. The zero-order valence-corrected chi connectivity index (χ0v) is 9.05. The molecular weight excluding hydrogens is 152 g/mol. The van der Waals surface area contributed by atoms with E-state index in [1.54, 1.807) is 13.8 Å². The lowest BCUT2D eigenvalue weighted by atomic mass is 9.76. The fourth-order valence-electron chi connectivity index (χ4n) is 1.14. The molecule has 0 fully saturated rings. The third-order valence-electron chi connectivity index (χ3n) is 2.48. The fourth-order valence-corrected chi connectivity index (χ4v) is 1.14. The summed E-state index contributed by atoms with van der Waals surface area (Å²) in [6.45, 7) is 11.2. The topological polar surface area (TPSA) is 40.5 Å². The molecule has 2 nitrogen and oxygen atoms in total. The van der Waals surface area contributed by atoms with E-state index < -0.39 is 11.7 Å². The summed E-state index contributed by atoms with van der Waals surface area (Å²) in [7, 11) is 0. The highest BCUT2D eigenvalue weighted by Gasteiger charge is 2.35. The minimum absolute atomic E-state index is 0.113. The first-order valence-corrected chi connectivity index (χ1v) is 4.47. The Bertz CT molecular complexity index is 121. The summed E-state index contributed by atoms with van der Waals surface area (Å²) < 4.78 is 0. The van der Waals surface area contributed by atoms with Crippen molar-refractivity contribution in [2.75, 3.05) is 0 Å². The van der Waals surface area contributed by atoms with Gasteiger partial charge in [-0.2, -0.15) is 0 Å². The molecule has 0 aliphatic rings. The minimum atomic E-state index is -0.813. The maximum atomic E-state index is 9.83. The van der Waals surface area contributed by atoms with E-state index in [-0.39, 0.29) is 11.3 Å². The summed E-state index contributed by atoms with van der Waals surface area (Å²) >= 11 is 0. The van der Waals surface area contributed by atoms with Gasteiger partial charge in [0.1, 0.15) is 0 Å². The van der Waals surface area contributed by atoms with Gasteiger partial charge in [0.2, 0.25) is 0 Å². The van der Waals surface area contributed by atoms with Crippen molar-refractivity contribution in [3.8, 4) is 0 Å². The number of aliphatic hydroxyl groups is 2. The van der Waals surface area contributed by atoms with E-state index in [0.29, 0.717) is 0 Å². The molecule has 2 unspecified atom stereocenters. The Hall–Kier alpha value is -0.0800. The van der Waals surface area contributed by atoms with Crippen molar-refractivity contribution in [1.82, 2.24) is 0 Å². The first-order valence-electron chi connectivity index (χ1n) is 4.47. The molecule has 0 spiro atoms. The Balaban J connectivity index is 4.41. The largest absolute Gasteiger partial charge is 0.392 e. The Labute approximate surface area is 75.6 Å². The highest BCUT2D eigenvalue weighted by molar-refractivity contribution is 4.86. The first kappa shape index (κ1) is 11.9. The van der Waals surface area contributed by atoms with Gasteiger partial charge >= 0.3 is 0 Å². The van der Waals surface area contributed by atoms with Gasteiger partial charge in [0, 0.05) is 5.92 Å². The molecule has 0 saturated heterocycles. The van der Waals surface area contributed by atoms with Crippen molar-refractivity contribution in [3.05, 3.63) is 0 Å². The summed E-state index contributed by atoms with van der Waals surface area (Å²) in [5.41, 5.74) is -0.980. The zero-order valence-electron chi connectivity index (χ0n) is 9.05. The lowest BCUT2D eigenvalue weighted by Crippen LogP contribution is -2.43. The summed E-state index contributed by atoms with van der Waals surface area (Å²) in [5, 5.41) is 19.5. The normalized spacial score (nSPS) is 19.0. The number of hydrogen-bond acceptors (Lipinski definition) is 2. The second kappa shape index (κ2) is 3.35. The summed E-state index contributed by atoms with van der Waals surface area (Å²) in [6, 6.07) is 0. The predicted octanol–water partition coefficient (Wildman–Crippen LogP) is 1.80. The predicted molar refractivity (Wildman–Crippen MR) is 50.9 cm³/mol. The molecule has 0 aromatic carbocycles. The highest BCUT2D eigenvalue weighted by Crippen LogP contribution is 2.30. The van der Waals surface area contributed by atoms with Crippen LogP contribution in [-0.2, 0) is 0 Å². The van der Waals surface area contributed by atoms with Crippen molar-refractivity contribution < 1.29 is 10.2 Å². The molecule has 2 N–H and O–H groups in total.